The van der Waals surface area contributed by atoms with Crippen LogP contribution in [0.15, 0.2) is 69.9 Å². The van der Waals surface area contributed by atoms with E-state index in [1.807, 2.05) is 30.3 Å². The van der Waals surface area contributed by atoms with Gasteiger partial charge in [0.2, 0.25) is 4.96 Å². The Balaban J connectivity index is 1.35. The summed E-state index contributed by atoms with van der Waals surface area (Å²) in [5.74, 6) is 2.17. The fourth-order valence-electron chi connectivity index (χ4n) is 3.47. The normalized spacial score (nSPS) is 12.1. The number of non-ortho nitro benzene ring substituents is 1. The van der Waals surface area contributed by atoms with Gasteiger partial charge in [-0.15, -0.1) is 5.10 Å². The standard InChI is InChI=1S/C26H20N4O5S/c1-2-14-34-20-9-6-17(7-10-20)8-13-24-27-26-29(28-24)25(31)23(36-26)16-21-11-12-22(35-21)18-4-3-5-19(15-18)30(32)33/h3-13,15-16H,2,14H2,1H3/b13-8+,23-16-. The van der Waals surface area contributed by atoms with Crippen LogP contribution in [0.3, 0.4) is 0 Å². The highest BCUT2D eigenvalue weighted by molar-refractivity contribution is 7.15. The number of fused-ring (bicyclic) bond motifs is 1. The third-order valence-corrected chi connectivity index (χ3v) is 6.18. The molecule has 0 bridgehead atoms. The fourth-order valence-corrected chi connectivity index (χ4v) is 4.37. The molecule has 2 aromatic carbocycles. The lowest BCUT2D eigenvalue weighted by Gasteiger charge is -2.03. The van der Waals surface area contributed by atoms with Gasteiger partial charge in [0, 0.05) is 23.8 Å². The summed E-state index contributed by atoms with van der Waals surface area (Å²) in [7, 11) is 0. The van der Waals surface area contributed by atoms with E-state index in [-0.39, 0.29) is 11.2 Å². The van der Waals surface area contributed by atoms with E-state index in [0.29, 0.717) is 39.0 Å². The number of ether oxygens (including phenoxy) is 1. The zero-order valence-corrected chi connectivity index (χ0v) is 20.0. The first kappa shape index (κ1) is 23.2. The number of rotatable bonds is 8. The third-order valence-electron chi connectivity index (χ3n) is 5.22. The van der Waals surface area contributed by atoms with E-state index >= 15 is 0 Å². The lowest BCUT2D eigenvalue weighted by atomic mass is 10.1. The van der Waals surface area contributed by atoms with Gasteiger partial charge in [-0.25, -0.2) is 0 Å². The van der Waals surface area contributed by atoms with Crippen LogP contribution < -0.4 is 14.8 Å². The first-order valence-corrected chi connectivity index (χ1v) is 12.0. The van der Waals surface area contributed by atoms with Crippen molar-refractivity contribution in [2.75, 3.05) is 6.61 Å². The average Bonchev–Trinajstić information content (AvgIpc) is 3.59. The van der Waals surface area contributed by atoms with Crippen molar-refractivity contribution in [2.45, 2.75) is 13.3 Å². The van der Waals surface area contributed by atoms with Crippen molar-refractivity contribution in [3.63, 3.8) is 0 Å². The number of nitro groups is 1. The molecule has 0 aliphatic heterocycles. The molecule has 0 radical (unpaired) electrons. The van der Waals surface area contributed by atoms with Crippen molar-refractivity contribution in [3.05, 3.63) is 103 Å². The van der Waals surface area contributed by atoms with Crippen LogP contribution in [0, 0.1) is 10.1 Å². The fraction of sp³-hybridized carbons (Fsp3) is 0.115. The van der Waals surface area contributed by atoms with Crippen LogP contribution in [0.25, 0.3) is 34.5 Å². The molecule has 0 aliphatic carbocycles. The first-order chi connectivity index (χ1) is 17.5. The predicted molar refractivity (Wildman–Crippen MR) is 138 cm³/mol. The summed E-state index contributed by atoms with van der Waals surface area (Å²) in [5.41, 5.74) is 1.22. The minimum absolute atomic E-state index is 0.0234. The van der Waals surface area contributed by atoms with E-state index in [9.17, 15) is 14.9 Å². The van der Waals surface area contributed by atoms with Crippen molar-refractivity contribution >= 4 is 40.2 Å². The molecule has 5 aromatic rings. The summed E-state index contributed by atoms with van der Waals surface area (Å²) >= 11 is 1.20. The minimum atomic E-state index is -0.458. The molecule has 0 saturated carbocycles. The molecule has 180 valence electrons. The van der Waals surface area contributed by atoms with Gasteiger partial charge in [0.05, 0.1) is 11.5 Å². The van der Waals surface area contributed by atoms with Gasteiger partial charge in [0.15, 0.2) is 5.82 Å². The monoisotopic (exact) mass is 500 g/mol. The number of hydrogen-bond acceptors (Lipinski definition) is 8. The van der Waals surface area contributed by atoms with Gasteiger partial charge in [0.1, 0.15) is 21.8 Å². The Labute approximate surface area is 208 Å². The van der Waals surface area contributed by atoms with E-state index in [0.717, 1.165) is 17.7 Å². The predicted octanol–water partition coefficient (Wildman–Crippen LogP) is 4.83. The summed E-state index contributed by atoms with van der Waals surface area (Å²) < 4.78 is 13.1. The number of hydrogen-bond donors (Lipinski definition) is 0. The van der Waals surface area contributed by atoms with E-state index < -0.39 is 4.92 Å². The van der Waals surface area contributed by atoms with E-state index in [1.165, 1.54) is 28.0 Å². The van der Waals surface area contributed by atoms with Gasteiger partial charge >= 0.3 is 0 Å². The highest BCUT2D eigenvalue weighted by Crippen LogP contribution is 2.26. The molecular formula is C26H20N4O5S. The largest absolute Gasteiger partial charge is 0.494 e. The molecule has 0 fully saturated rings. The molecule has 0 aliphatic rings. The summed E-state index contributed by atoms with van der Waals surface area (Å²) in [5, 5.41) is 15.3. The third kappa shape index (κ3) is 4.93. The second-order valence-electron chi connectivity index (χ2n) is 7.84. The summed E-state index contributed by atoms with van der Waals surface area (Å²) in [6.45, 7) is 2.74. The van der Waals surface area contributed by atoms with E-state index in [1.54, 1.807) is 36.4 Å². The summed E-state index contributed by atoms with van der Waals surface area (Å²) in [6, 6.07) is 17.3. The smallest absolute Gasteiger partial charge is 0.291 e. The number of thiazole rings is 1. The molecule has 36 heavy (non-hydrogen) atoms. The molecule has 0 amide bonds. The van der Waals surface area contributed by atoms with Gasteiger partial charge in [-0.05, 0) is 42.3 Å². The van der Waals surface area contributed by atoms with Crippen LogP contribution in [0.2, 0.25) is 0 Å². The van der Waals surface area contributed by atoms with Crippen LogP contribution >= 0.6 is 11.3 Å². The maximum Gasteiger partial charge on any atom is 0.291 e. The molecule has 0 spiro atoms. The Bertz CT molecular complexity index is 1680. The highest BCUT2D eigenvalue weighted by atomic mass is 32.1. The molecule has 9 nitrogen and oxygen atoms in total. The molecule has 3 heterocycles. The van der Waals surface area contributed by atoms with Crippen LogP contribution in [0.5, 0.6) is 5.75 Å². The number of aromatic nitrogens is 3. The van der Waals surface area contributed by atoms with Crippen LogP contribution in [0.1, 0.15) is 30.5 Å². The summed E-state index contributed by atoms with van der Waals surface area (Å²) in [4.78, 5) is 28.3. The molecule has 0 N–H and O–H groups in total. The zero-order chi connectivity index (χ0) is 25.1. The summed E-state index contributed by atoms with van der Waals surface area (Å²) in [6.07, 6.45) is 6.19. The molecule has 0 unspecified atom stereocenters. The number of nitrogens with zero attached hydrogens (tertiary/aromatic N) is 4. The number of nitro benzene ring substituents is 1. The lowest BCUT2D eigenvalue weighted by molar-refractivity contribution is -0.384. The zero-order valence-electron chi connectivity index (χ0n) is 19.2. The second-order valence-corrected chi connectivity index (χ2v) is 8.85. The molecular weight excluding hydrogens is 480 g/mol. The molecule has 5 rings (SSSR count). The molecule has 0 saturated heterocycles. The topological polar surface area (TPSA) is 113 Å². The van der Waals surface area contributed by atoms with Gasteiger partial charge in [-0.3, -0.25) is 14.9 Å². The van der Waals surface area contributed by atoms with Crippen molar-refractivity contribution < 1.29 is 14.1 Å². The Kier molecular flexibility index (Phi) is 6.42. The molecule has 3 aromatic heterocycles. The van der Waals surface area contributed by atoms with Crippen LogP contribution in [-0.4, -0.2) is 26.1 Å². The van der Waals surface area contributed by atoms with E-state index in [2.05, 4.69) is 17.0 Å². The van der Waals surface area contributed by atoms with Crippen molar-refractivity contribution in [1.82, 2.24) is 14.6 Å². The van der Waals surface area contributed by atoms with Gasteiger partial charge in [0.25, 0.3) is 11.2 Å². The maximum atomic E-state index is 12.8. The average molecular weight is 501 g/mol. The van der Waals surface area contributed by atoms with Crippen LogP contribution in [0.4, 0.5) is 5.69 Å². The second kappa shape index (κ2) is 9.96. The van der Waals surface area contributed by atoms with E-state index in [4.69, 9.17) is 9.15 Å². The van der Waals surface area contributed by atoms with Crippen LogP contribution in [-0.2, 0) is 0 Å². The van der Waals surface area contributed by atoms with Gasteiger partial charge in [-0.1, -0.05) is 48.6 Å². The Hall–Kier alpha value is -4.57. The highest BCUT2D eigenvalue weighted by Gasteiger charge is 2.12. The Morgan fingerprint density at radius 2 is 1.97 bits per heavy atom. The number of benzene rings is 2. The maximum absolute atomic E-state index is 12.8. The van der Waals surface area contributed by atoms with Crippen molar-refractivity contribution in [1.29, 1.82) is 0 Å². The quantitative estimate of drug-likeness (QED) is 0.222. The van der Waals surface area contributed by atoms with Gasteiger partial charge < -0.3 is 9.15 Å². The Morgan fingerprint density at radius 3 is 2.72 bits per heavy atom. The number of furan rings is 1. The van der Waals surface area contributed by atoms with Gasteiger partial charge in [-0.2, -0.15) is 9.50 Å². The lowest BCUT2D eigenvalue weighted by Crippen LogP contribution is -2.23. The SMILES string of the molecule is CCCOc1ccc(/C=C/c2nc3s/c(=C\c4ccc(-c5cccc([N+](=O)[O-])c5)o4)c(=O)n3n2)cc1. The molecule has 0 atom stereocenters. The minimum Gasteiger partial charge on any atom is -0.494 e. The molecule has 10 heteroatoms. The van der Waals surface area contributed by atoms with Crippen molar-refractivity contribution in [3.8, 4) is 17.1 Å². The van der Waals surface area contributed by atoms with Crippen molar-refractivity contribution in [2.24, 2.45) is 0 Å². The first-order valence-electron chi connectivity index (χ1n) is 11.2. The Morgan fingerprint density at radius 1 is 1.14 bits per heavy atom.